The summed E-state index contributed by atoms with van der Waals surface area (Å²) in [6.45, 7) is 5.76. The number of rotatable bonds is 8. The quantitative estimate of drug-likeness (QED) is 0.389. The maximum atomic E-state index is 13.3. The minimum absolute atomic E-state index is 0.245. The van der Waals surface area contributed by atoms with E-state index in [1.165, 1.54) is 29.8 Å². The van der Waals surface area contributed by atoms with Gasteiger partial charge in [0.15, 0.2) is 6.10 Å². The number of fused-ring (bicyclic) bond motifs is 1. The van der Waals surface area contributed by atoms with E-state index in [1.54, 1.807) is 13.1 Å². The Morgan fingerprint density at radius 3 is 2.41 bits per heavy atom. The van der Waals surface area contributed by atoms with Gasteiger partial charge in [-0.1, -0.05) is 75.4 Å². The lowest BCUT2D eigenvalue weighted by Gasteiger charge is -2.29. The third-order valence-electron chi connectivity index (χ3n) is 6.10. The smallest absolute Gasteiger partial charge is 0.252 e. The topological polar surface area (TPSA) is 119 Å². The van der Waals surface area contributed by atoms with Crippen LogP contribution in [-0.4, -0.2) is 77.5 Å². The van der Waals surface area contributed by atoms with Crippen molar-refractivity contribution in [2.45, 2.75) is 56.1 Å². The van der Waals surface area contributed by atoms with Gasteiger partial charge in [-0.3, -0.25) is 9.59 Å². The van der Waals surface area contributed by atoms with Crippen molar-refractivity contribution in [2.24, 2.45) is 5.41 Å². The largest absolute Gasteiger partial charge is 0.387 e. The number of anilines is 1. The van der Waals surface area contributed by atoms with E-state index in [0.717, 1.165) is 21.7 Å². The van der Waals surface area contributed by atoms with Crippen molar-refractivity contribution in [3.05, 3.63) is 60.7 Å². The van der Waals surface area contributed by atoms with Gasteiger partial charge in [0.05, 0.1) is 5.69 Å². The second-order valence-electron chi connectivity index (χ2n) is 10.1. The number of aliphatic hydroxyl groups excluding tert-OH is 3. The van der Waals surface area contributed by atoms with Gasteiger partial charge in [0.25, 0.3) is 5.91 Å². The number of carbonyl (C=O) groups excluding carboxylic acids is 2. The third kappa shape index (κ3) is 7.00. The van der Waals surface area contributed by atoms with Gasteiger partial charge in [-0.25, -0.2) is 0 Å². The summed E-state index contributed by atoms with van der Waals surface area (Å²) < 4.78 is 5.18. The number of ether oxygens (including phenoxy) is 1. The number of allylic oxidation sites excluding steroid dienone is 1. The molecule has 8 nitrogen and oxygen atoms in total. The minimum atomic E-state index is -1.72. The number of nitrogens with zero attached hydrogens (tertiary/aromatic N) is 1. The molecule has 1 heterocycles. The van der Waals surface area contributed by atoms with Crippen LogP contribution in [0.3, 0.4) is 0 Å². The van der Waals surface area contributed by atoms with E-state index in [4.69, 9.17) is 4.74 Å². The number of likely N-dealkylation sites (N-methyl/N-ethyl adjacent to an activating group) is 1. The first-order valence-electron chi connectivity index (χ1n) is 12.1. The first-order chi connectivity index (χ1) is 17.4. The summed E-state index contributed by atoms with van der Waals surface area (Å²) in [6, 6.07) is 14.7. The van der Waals surface area contributed by atoms with Crippen molar-refractivity contribution in [1.82, 2.24) is 5.32 Å². The monoisotopic (exact) mass is 528 g/mol. The number of methoxy groups -OCH3 is 1. The third-order valence-corrected chi connectivity index (χ3v) is 7.31. The normalized spacial score (nSPS) is 19.6. The summed E-state index contributed by atoms with van der Waals surface area (Å²) in [6.07, 6.45) is -3.23. The number of hydrogen-bond donors (Lipinski definition) is 4. The van der Waals surface area contributed by atoms with Gasteiger partial charge in [-0.2, -0.15) is 0 Å². The van der Waals surface area contributed by atoms with Gasteiger partial charge in [-0.15, -0.1) is 11.8 Å². The molecule has 2 aromatic carbocycles. The summed E-state index contributed by atoms with van der Waals surface area (Å²) in [5.74, 6) is -0.817. The highest BCUT2D eigenvalue weighted by Crippen LogP contribution is 2.41. The standard InChI is InChI=1S/C28H36N2O6S/c1-28(2,3)15-14-21(31)22(32)23(33)24(36-5)26(34)29-19-16-37-25-18(17-10-7-6-8-11-17)12-9-13-20(25)30(4)27(19)35/h6-15,19,21-24,31-33H,16H2,1-5H3,(H,29,34)/b15-14+/t19?,21-,22+,23-,24-/m1/s1. The van der Waals surface area contributed by atoms with E-state index in [-0.39, 0.29) is 17.1 Å². The molecule has 0 saturated heterocycles. The molecule has 0 spiro atoms. The molecule has 5 atom stereocenters. The molecule has 0 aliphatic carbocycles. The zero-order valence-electron chi connectivity index (χ0n) is 21.8. The Kier molecular flexibility index (Phi) is 9.55. The zero-order chi connectivity index (χ0) is 27.3. The highest BCUT2D eigenvalue weighted by atomic mass is 32.2. The van der Waals surface area contributed by atoms with Crippen molar-refractivity contribution in [2.75, 3.05) is 24.8 Å². The summed E-state index contributed by atoms with van der Waals surface area (Å²) in [7, 11) is 2.88. The summed E-state index contributed by atoms with van der Waals surface area (Å²) in [4.78, 5) is 28.8. The van der Waals surface area contributed by atoms with E-state index in [1.807, 2.05) is 69.3 Å². The molecular formula is C28H36N2O6S. The summed E-state index contributed by atoms with van der Waals surface area (Å²) in [5, 5.41) is 34.0. The zero-order valence-corrected chi connectivity index (χ0v) is 22.6. The van der Waals surface area contributed by atoms with Gasteiger partial charge in [0.1, 0.15) is 24.4 Å². The summed E-state index contributed by atoms with van der Waals surface area (Å²) >= 11 is 1.46. The van der Waals surface area contributed by atoms with Crippen molar-refractivity contribution >= 4 is 29.3 Å². The Balaban J connectivity index is 1.76. The number of aliphatic hydroxyl groups is 3. The molecule has 1 aliphatic heterocycles. The van der Waals surface area contributed by atoms with Crippen molar-refractivity contribution in [3.8, 4) is 11.1 Å². The second kappa shape index (κ2) is 12.2. The van der Waals surface area contributed by atoms with Crippen LogP contribution in [0, 0.1) is 5.41 Å². The van der Waals surface area contributed by atoms with Crippen LogP contribution in [0.25, 0.3) is 11.1 Å². The van der Waals surface area contributed by atoms with Gasteiger partial charge in [-0.05, 0) is 22.6 Å². The predicted octanol–water partition coefficient (Wildman–Crippen LogP) is 2.61. The van der Waals surface area contributed by atoms with Crippen LogP contribution in [0.4, 0.5) is 5.69 Å². The SMILES string of the molecule is CO[C@@H](C(=O)NC1CSc2c(-c3ccccc3)cccc2N(C)C1=O)[C@H](O)[C@@H](O)[C@H](O)/C=C/C(C)(C)C. The Labute approximate surface area is 222 Å². The van der Waals surface area contributed by atoms with Crippen molar-refractivity contribution in [3.63, 3.8) is 0 Å². The lowest BCUT2D eigenvalue weighted by molar-refractivity contribution is -0.150. The second-order valence-corrected chi connectivity index (χ2v) is 11.2. The molecule has 0 fully saturated rings. The minimum Gasteiger partial charge on any atom is -0.387 e. The van der Waals surface area contributed by atoms with Gasteiger partial charge >= 0.3 is 0 Å². The average molecular weight is 529 g/mol. The molecule has 0 saturated carbocycles. The molecule has 1 unspecified atom stereocenters. The molecule has 2 aromatic rings. The van der Waals surface area contributed by atoms with Gasteiger partial charge in [0.2, 0.25) is 5.91 Å². The number of carbonyl (C=O) groups is 2. The Hall–Kier alpha value is -2.69. The first kappa shape index (κ1) is 28.9. The van der Waals surface area contributed by atoms with Crippen LogP contribution in [-0.2, 0) is 14.3 Å². The van der Waals surface area contributed by atoms with Crippen LogP contribution in [0.2, 0.25) is 0 Å². The van der Waals surface area contributed by atoms with E-state index in [0.29, 0.717) is 0 Å². The fraction of sp³-hybridized carbons (Fsp3) is 0.429. The van der Waals surface area contributed by atoms with Crippen LogP contribution in [0.15, 0.2) is 65.6 Å². The molecule has 0 aromatic heterocycles. The Morgan fingerprint density at radius 2 is 1.78 bits per heavy atom. The maximum absolute atomic E-state index is 13.3. The average Bonchev–Trinajstić information content (AvgIpc) is 2.99. The van der Waals surface area contributed by atoms with E-state index in [9.17, 15) is 24.9 Å². The van der Waals surface area contributed by atoms with Crippen molar-refractivity contribution < 1.29 is 29.6 Å². The number of benzene rings is 2. The molecule has 0 radical (unpaired) electrons. The van der Waals surface area contributed by atoms with Gasteiger partial charge in [0, 0.05) is 24.8 Å². The number of amides is 2. The first-order valence-corrected chi connectivity index (χ1v) is 13.1. The molecule has 37 heavy (non-hydrogen) atoms. The molecule has 200 valence electrons. The molecule has 3 rings (SSSR count). The molecule has 4 N–H and O–H groups in total. The predicted molar refractivity (Wildman–Crippen MR) is 145 cm³/mol. The van der Waals surface area contributed by atoms with Gasteiger partial charge < -0.3 is 30.3 Å². The van der Waals surface area contributed by atoms with E-state index in [2.05, 4.69) is 5.32 Å². The molecule has 0 bridgehead atoms. The molecule has 1 aliphatic rings. The highest BCUT2D eigenvalue weighted by Gasteiger charge is 2.38. The van der Waals surface area contributed by atoms with Crippen LogP contribution in [0.1, 0.15) is 20.8 Å². The molecule has 9 heteroatoms. The number of thioether (sulfide) groups is 1. The van der Waals surface area contributed by atoms with E-state index < -0.39 is 36.4 Å². The number of nitrogens with one attached hydrogen (secondary N) is 1. The van der Waals surface area contributed by atoms with Crippen LogP contribution in [0.5, 0.6) is 0 Å². The highest BCUT2D eigenvalue weighted by molar-refractivity contribution is 7.99. The Morgan fingerprint density at radius 1 is 1.11 bits per heavy atom. The maximum Gasteiger partial charge on any atom is 0.252 e. The lowest BCUT2D eigenvalue weighted by atomic mass is 9.94. The fourth-order valence-corrected chi connectivity index (χ4v) is 5.27. The van der Waals surface area contributed by atoms with E-state index >= 15 is 0 Å². The molecule has 2 amide bonds. The summed E-state index contributed by atoms with van der Waals surface area (Å²) in [5.41, 5.74) is 2.50. The van der Waals surface area contributed by atoms with Crippen LogP contribution >= 0.6 is 11.8 Å². The lowest BCUT2D eigenvalue weighted by Crippen LogP contribution is -2.56. The molecular weight excluding hydrogens is 492 g/mol. The van der Waals surface area contributed by atoms with Crippen molar-refractivity contribution in [1.29, 1.82) is 0 Å². The fourth-order valence-electron chi connectivity index (χ4n) is 4.02. The van der Waals surface area contributed by atoms with Crippen LogP contribution < -0.4 is 10.2 Å². The number of hydrogen-bond acceptors (Lipinski definition) is 7. The Bertz CT molecular complexity index is 1120.